The second-order valence-corrected chi connectivity index (χ2v) is 6.22. The van der Waals surface area contributed by atoms with E-state index in [9.17, 15) is 8.42 Å². The molecule has 0 radical (unpaired) electrons. The summed E-state index contributed by atoms with van der Waals surface area (Å²) in [6, 6.07) is 10.0. The average Bonchev–Trinajstić information content (AvgIpc) is 2.48. The summed E-state index contributed by atoms with van der Waals surface area (Å²) in [6.07, 6.45) is 2.52. The van der Waals surface area contributed by atoms with Crippen LogP contribution in [0.4, 0.5) is 5.82 Å². The Balaban J connectivity index is 2.14. The molecule has 1 aromatic carbocycles. The van der Waals surface area contributed by atoms with Gasteiger partial charge in [0.1, 0.15) is 0 Å². The molecular formula is C14H18N4O2S. The van der Waals surface area contributed by atoms with Gasteiger partial charge in [0.25, 0.3) is 10.0 Å². The van der Waals surface area contributed by atoms with Gasteiger partial charge < -0.3 is 5.32 Å². The third-order valence-electron chi connectivity index (χ3n) is 2.78. The molecule has 0 amide bonds. The molecule has 0 unspecified atom stereocenters. The van der Waals surface area contributed by atoms with E-state index in [-0.39, 0.29) is 10.7 Å². The third-order valence-corrected chi connectivity index (χ3v) is 4.13. The number of nitrogens with one attached hydrogen (secondary N) is 2. The van der Waals surface area contributed by atoms with Crippen molar-refractivity contribution >= 4 is 15.8 Å². The van der Waals surface area contributed by atoms with Crippen LogP contribution in [0.1, 0.15) is 18.9 Å². The van der Waals surface area contributed by atoms with E-state index < -0.39 is 10.0 Å². The maximum atomic E-state index is 12.3. The predicted octanol–water partition coefficient (Wildman–Crippen LogP) is 1.78. The Hall–Kier alpha value is -1.99. The standard InChI is InChI=1S/C14H18N4O2S/c1-2-8-15-11-12-5-3-6-13(10-12)21(19,20)18-14-7-4-9-16-17-14/h3-7,9-10,15H,2,8,11H2,1H3,(H,17,18). The van der Waals surface area contributed by atoms with Gasteiger partial charge in [-0.15, -0.1) is 5.10 Å². The van der Waals surface area contributed by atoms with Gasteiger partial charge in [0.15, 0.2) is 5.82 Å². The minimum atomic E-state index is -3.65. The zero-order valence-electron chi connectivity index (χ0n) is 11.8. The number of rotatable bonds is 7. The molecule has 1 aromatic heterocycles. The predicted molar refractivity (Wildman–Crippen MR) is 81.3 cm³/mol. The van der Waals surface area contributed by atoms with E-state index in [1.807, 2.05) is 6.07 Å². The van der Waals surface area contributed by atoms with Crippen molar-refractivity contribution in [3.05, 3.63) is 48.2 Å². The molecule has 0 fully saturated rings. The summed E-state index contributed by atoms with van der Waals surface area (Å²) in [4.78, 5) is 0.212. The quantitative estimate of drug-likeness (QED) is 0.762. The highest BCUT2D eigenvalue weighted by atomic mass is 32.2. The summed E-state index contributed by atoms with van der Waals surface area (Å²) < 4.78 is 27.0. The van der Waals surface area contributed by atoms with Gasteiger partial charge in [-0.1, -0.05) is 19.1 Å². The highest BCUT2D eigenvalue weighted by Gasteiger charge is 2.15. The van der Waals surface area contributed by atoms with Crippen LogP contribution in [0, 0.1) is 0 Å². The lowest BCUT2D eigenvalue weighted by molar-refractivity contribution is 0.600. The van der Waals surface area contributed by atoms with E-state index in [4.69, 9.17) is 0 Å². The average molecular weight is 306 g/mol. The third kappa shape index (κ3) is 4.51. The summed E-state index contributed by atoms with van der Waals surface area (Å²) in [7, 11) is -3.65. The van der Waals surface area contributed by atoms with Crippen molar-refractivity contribution in [1.82, 2.24) is 15.5 Å². The van der Waals surface area contributed by atoms with E-state index in [0.29, 0.717) is 6.54 Å². The molecule has 2 rings (SSSR count). The lowest BCUT2D eigenvalue weighted by Gasteiger charge is -2.09. The highest BCUT2D eigenvalue weighted by molar-refractivity contribution is 7.92. The van der Waals surface area contributed by atoms with Crippen molar-refractivity contribution in [2.45, 2.75) is 24.8 Å². The van der Waals surface area contributed by atoms with Crippen LogP contribution in [0.5, 0.6) is 0 Å². The van der Waals surface area contributed by atoms with Crippen LogP contribution in [0.2, 0.25) is 0 Å². The Morgan fingerprint density at radius 1 is 1.19 bits per heavy atom. The molecule has 2 aromatic rings. The summed E-state index contributed by atoms with van der Waals surface area (Å²) in [5.41, 5.74) is 0.922. The van der Waals surface area contributed by atoms with Gasteiger partial charge in [0, 0.05) is 12.7 Å². The molecule has 0 atom stereocenters. The van der Waals surface area contributed by atoms with E-state index in [0.717, 1.165) is 18.5 Å². The SMILES string of the molecule is CCCNCc1cccc(S(=O)(=O)Nc2cccnn2)c1. The molecule has 0 aliphatic carbocycles. The molecule has 112 valence electrons. The molecule has 0 aliphatic heterocycles. The minimum absolute atomic E-state index is 0.201. The van der Waals surface area contributed by atoms with E-state index in [1.54, 1.807) is 30.3 Å². The van der Waals surface area contributed by atoms with Gasteiger partial charge in [-0.25, -0.2) is 8.42 Å². The maximum Gasteiger partial charge on any atom is 0.263 e. The minimum Gasteiger partial charge on any atom is -0.313 e. The van der Waals surface area contributed by atoms with Crippen LogP contribution in [0.3, 0.4) is 0 Å². The lowest BCUT2D eigenvalue weighted by atomic mass is 10.2. The van der Waals surface area contributed by atoms with Gasteiger partial charge >= 0.3 is 0 Å². The van der Waals surface area contributed by atoms with Crippen LogP contribution >= 0.6 is 0 Å². The molecular weight excluding hydrogens is 288 g/mol. The molecule has 21 heavy (non-hydrogen) atoms. The van der Waals surface area contributed by atoms with Gasteiger partial charge in [0.05, 0.1) is 4.90 Å². The molecule has 6 nitrogen and oxygen atoms in total. The summed E-state index contributed by atoms with van der Waals surface area (Å²) in [5, 5.41) is 10.6. The largest absolute Gasteiger partial charge is 0.313 e. The van der Waals surface area contributed by atoms with Gasteiger partial charge in [-0.3, -0.25) is 4.72 Å². The van der Waals surface area contributed by atoms with Gasteiger partial charge in [-0.2, -0.15) is 5.10 Å². The molecule has 1 heterocycles. The smallest absolute Gasteiger partial charge is 0.263 e. The van der Waals surface area contributed by atoms with Crippen molar-refractivity contribution < 1.29 is 8.42 Å². The second kappa shape index (κ2) is 7.14. The number of aromatic nitrogens is 2. The van der Waals surface area contributed by atoms with Crippen molar-refractivity contribution in [3.63, 3.8) is 0 Å². The van der Waals surface area contributed by atoms with Crippen molar-refractivity contribution in [1.29, 1.82) is 0 Å². The van der Waals surface area contributed by atoms with Crippen LogP contribution in [0.15, 0.2) is 47.5 Å². The van der Waals surface area contributed by atoms with Crippen LogP contribution in [-0.4, -0.2) is 25.2 Å². The first kappa shape index (κ1) is 15.4. The summed E-state index contributed by atoms with van der Waals surface area (Å²) >= 11 is 0. The second-order valence-electron chi connectivity index (χ2n) is 4.54. The molecule has 0 saturated carbocycles. The fraction of sp³-hybridized carbons (Fsp3) is 0.286. The van der Waals surface area contributed by atoms with E-state index >= 15 is 0 Å². The lowest BCUT2D eigenvalue weighted by Crippen LogP contribution is -2.16. The molecule has 2 N–H and O–H groups in total. The van der Waals surface area contributed by atoms with E-state index in [1.165, 1.54) is 6.20 Å². The molecule has 0 saturated heterocycles. The number of hydrogen-bond donors (Lipinski definition) is 2. The monoisotopic (exact) mass is 306 g/mol. The Morgan fingerprint density at radius 2 is 2.05 bits per heavy atom. The Labute approximate surface area is 124 Å². The highest BCUT2D eigenvalue weighted by Crippen LogP contribution is 2.15. The van der Waals surface area contributed by atoms with Crippen LogP contribution in [0.25, 0.3) is 0 Å². The first-order chi connectivity index (χ1) is 10.1. The zero-order valence-corrected chi connectivity index (χ0v) is 12.6. The number of sulfonamides is 1. The molecule has 0 spiro atoms. The number of anilines is 1. The van der Waals surface area contributed by atoms with Crippen molar-refractivity contribution in [2.75, 3.05) is 11.3 Å². The van der Waals surface area contributed by atoms with Crippen molar-refractivity contribution in [2.24, 2.45) is 0 Å². The first-order valence-corrected chi connectivity index (χ1v) is 8.20. The van der Waals surface area contributed by atoms with Crippen molar-refractivity contribution in [3.8, 4) is 0 Å². The maximum absolute atomic E-state index is 12.3. The van der Waals surface area contributed by atoms with E-state index in [2.05, 4.69) is 27.2 Å². The Morgan fingerprint density at radius 3 is 2.76 bits per heavy atom. The summed E-state index contributed by atoms with van der Waals surface area (Å²) in [6.45, 7) is 3.62. The number of nitrogens with zero attached hydrogens (tertiary/aromatic N) is 2. The van der Waals surface area contributed by atoms with Crippen LogP contribution < -0.4 is 10.0 Å². The number of benzene rings is 1. The summed E-state index contributed by atoms with van der Waals surface area (Å²) in [5.74, 6) is 0.201. The fourth-order valence-electron chi connectivity index (χ4n) is 1.78. The first-order valence-electron chi connectivity index (χ1n) is 6.72. The van der Waals surface area contributed by atoms with Gasteiger partial charge in [0.2, 0.25) is 0 Å². The van der Waals surface area contributed by atoms with Gasteiger partial charge in [-0.05, 0) is 42.8 Å². The molecule has 0 aliphatic rings. The Bertz CT molecular complexity index is 674. The fourth-order valence-corrected chi connectivity index (χ4v) is 2.85. The topological polar surface area (TPSA) is 84.0 Å². The molecule has 7 heteroatoms. The Kier molecular flexibility index (Phi) is 5.24. The van der Waals surface area contributed by atoms with Crippen LogP contribution in [-0.2, 0) is 16.6 Å². The zero-order chi connectivity index (χ0) is 15.1. The molecule has 0 bridgehead atoms. The number of hydrogen-bond acceptors (Lipinski definition) is 5. The normalized spacial score (nSPS) is 11.3.